The quantitative estimate of drug-likeness (QED) is 0.294. The van der Waals surface area contributed by atoms with E-state index >= 15 is 0 Å². The molecule has 2 atom stereocenters. The maximum absolute atomic E-state index is 11.9. The fourth-order valence-corrected chi connectivity index (χ4v) is 1.57. The zero-order chi connectivity index (χ0) is 12.8. The number of oxime groups is 1. The second-order valence-corrected chi connectivity index (χ2v) is 4.08. The molecular formula is C10H19N3O4. The number of hydrogen-bond acceptors (Lipinski definition) is 5. The largest absolute Gasteiger partial charge is 0.409 e. The standard InChI is InChI=1S/C10H19N3O4/c1-7(9(11)12-15)5-13(2)10(14)8-6-16-3-4-17-8/h7-8,15H,3-6H2,1-2H3,(H2,11,12). The van der Waals surface area contributed by atoms with Crippen LogP contribution in [-0.2, 0) is 14.3 Å². The van der Waals surface area contributed by atoms with Gasteiger partial charge in [-0.3, -0.25) is 4.79 Å². The minimum Gasteiger partial charge on any atom is -0.409 e. The second kappa shape index (κ2) is 6.41. The van der Waals surface area contributed by atoms with Gasteiger partial charge in [0.1, 0.15) is 5.84 Å². The Balaban J connectivity index is 2.45. The number of carbonyl (C=O) groups excluding carboxylic acids is 1. The third-order valence-corrected chi connectivity index (χ3v) is 2.64. The van der Waals surface area contributed by atoms with Gasteiger partial charge < -0.3 is 25.3 Å². The molecule has 1 aliphatic heterocycles. The van der Waals surface area contributed by atoms with Crippen LogP contribution in [0.1, 0.15) is 6.92 Å². The zero-order valence-corrected chi connectivity index (χ0v) is 10.1. The number of likely N-dealkylation sites (N-methyl/N-ethyl adjacent to an activating group) is 1. The molecular weight excluding hydrogens is 226 g/mol. The molecule has 3 N–H and O–H groups in total. The molecule has 0 aliphatic carbocycles. The molecule has 7 heteroatoms. The first-order chi connectivity index (χ1) is 8.06. The lowest BCUT2D eigenvalue weighted by atomic mass is 10.1. The predicted octanol–water partition coefficient (Wildman–Crippen LogP) is -0.757. The van der Waals surface area contributed by atoms with E-state index in [0.29, 0.717) is 19.8 Å². The van der Waals surface area contributed by atoms with Crippen molar-refractivity contribution < 1.29 is 19.5 Å². The summed E-state index contributed by atoms with van der Waals surface area (Å²) in [5, 5.41) is 11.4. The highest BCUT2D eigenvalue weighted by molar-refractivity contribution is 5.84. The van der Waals surface area contributed by atoms with Crippen LogP contribution in [0.4, 0.5) is 0 Å². The average Bonchev–Trinajstić information content (AvgIpc) is 2.37. The van der Waals surface area contributed by atoms with Gasteiger partial charge in [-0.1, -0.05) is 12.1 Å². The molecule has 0 bridgehead atoms. The number of nitrogens with zero attached hydrogens (tertiary/aromatic N) is 2. The van der Waals surface area contributed by atoms with Crippen molar-refractivity contribution in [1.29, 1.82) is 0 Å². The van der Waals surface area contributed by atoms with Gasteiger partial charge in [0.2, 0.25) is 0 Å². The molecule has 0 aromatic carbocycles. The number of rotatable bonds is 4. The lowest BCUT2D eigenvalue weighted by Gasteiger charge is -2.28. The molecule has 17 heavy (non-hydrogen) atoms. The summed E-state index contributed by atoms with van der Waals surface area (Å²) >= 11 is 0. The van der Waals surface area contributed by atoms with Gasteiger partial charge in [0, 0.05) is 19.5 Å². The van der Waals surface area contributed by atoms with Crippen LogP contribution in [0.3, 0.4) is 0 Å². The van der Waals surface area contributed by atoms with Crippen LogP contribution in [0, 0.1) is 5.92 Å². The van der Waals surface area contributed by atoms with Crippen molar-refractivity contribution >= 4 is 11.7 Å². The number of amidine groups is 1. The summed E-state index contributed by atoms with van der Waals surface area (Å²) in [5.41, 5.74) is 5.45. The van der Waals surface area contributed by atoms with Crippen LogP contribution in [0.2, 0.25) is 0 Å². The Labute approximate surface area is 100 Å². The number of carbonyl (C=O) groups is 1. The highest BCUT2D eigenvalue weighted by Crippen LogP contribution is 2.06. The minimum atomic E-state index is -0.548. The van der Waals surface area contributed by atoms with Gasteiger partial charge in [0.15, 0.2) is 6.10 Å². The van der Waals surface area contributed by atoms with E-state index in [0.717, 1.165) is 0 Å². The van der Waals surface area contributed by atoms with Crippen molar-refractivity contribution in [3.8, 4) is 0 Å². The van der Waals surface area contributed by atoms with E-state index in [1.807, 2.05) is 0 Å². The smallest absolute Gasteiger partial charge is 0.253 e. The highest BCUT2D eigenvalue weighted by atomic mass is 16.6. The first-order valence-corrected chi connectivity index (χ1v) is 5.48. The zero-order valence-electron chi connectivity index (χ0n) is 10.1. The predicted molar refractivity (Wildman–Crippen MR) is 60.8 cm³/mol. The van der Waals surface area contributed by atoms with Gasteiger partial charge in [0.05, 0.1) is 19.8 Å². The molecule has 0 aromatic rings. The molecule has 1 amide bonds. The van der Waals surface area contributed by atoms with E-state index in [2.05, 4.69) is 5.16 Å². The Bertz CT molecular complexity index is 289. The van der Waals surface area contributed by atoms with E-state index < -0.39 is 6.10 Å². The van der Waals surface area contributed by atoms with Gasteiger partial charge in [-0.2, -0.15) is 0 Å². The van der Waals surface area contributed by atoms with Gasteiger partial charge in [-0.15, -0.1) is 0 Å². The molecule has 0 spiro atoms. The van der Waals surface area contributed by atoms with E-state index in [-0.39, 0.29) is 24.3 Å². The SMILES string of the molecule is CC(CN(C)C(=O)C1COCCO1)C(N)=NO. The third kappa shape index (κ3) is 3.86. The molecule has 0 aromatic heterocycles. The van der Waals surface area contributed by atoms with Crippen LogP contribution in [-0.4, -0.2) is 61.4 Å². The Morgan fingerprint density at radius 1 is 1.65 bits per heavy atom. The summed E-state index contributed by atoms with van der Waals surface area (Å²) in [6, 6.07) is 0. The van der Waals surface area contributed by atoms with Crippen molar-refractivity contribution in [3.05, 3.63) is 0 Å². The normalized spacial score (nSPS) is 23.2. The first-order valence-electron chi connectivity index (χ1n) is 5.48. The van der Waals surface area contributed by atoms with Crippen molar-refractivity contribution in [2.24, 2.45) is 16.8 Å². The second-order valence-electron chi connectivity index (χ2n) is 4.08. The monoisotopic (exact) mass is 245 g/mol. The minimum absolute atomic E-state index is 0.102. The molecule has 1 saturated heterocycles. The van der Waals surface area contributed by atoms with Gasteiger partial charge in [-0.25, -0.2) is 0 Å². The summed E-state index contributed by atoms with van der Waals surface area (Å²) in [6.07, 6.45) is -0.548. The van der Waals surface area contributed by atoms with Crippen LogP contribution >= 0.6 is 0 Å². The Hall–Kier alpha value is -1.34. The van der Waals surface area contributed by atoms with Crippen molar-refractivity contribution in [3.63, 3.8) is 0 Å². The summed E-state index contributed by atoms with van der Waals surface area (Å²) in [6.45, 7) is 3.38. The Kier molecular flexibility index (Phi) is 5.17. The van der Waals surface area contributed by atoms with Crippen LogP contribution < -0.4 is 5.73 Å². The highest BCUT2D eigenvalue weighted by Gasteiger charge is 2.26. The van der Waals surface area contributed by atoms with E-state index in [9.17, 15) is 4.79 Å². The topological polar surface area (TPSA) is 97.4 Å². The lowest BCUT2D eigenvalue weighted by Crippen LogP contribution is -2.46. The van der Waals surface area contributed by atoms with Crippen LogP contribution in [0.15, 0.2) is 5.16 Å². The van der Waals surface area contributed by atoms with Gasteiger partial charge in [-0.05, 0) is 0 Å². The van der Waals surface area contributed by atoms with E-state index in [4.69, 9.17) is 20.4 Å². The molecule has 1 rings (SSSR count). The summed E-state index contributed by atoms with van der Waals surface area (Å²) < 4.78 is 10.5. The number of ether oxygens (including phenoxy) is 2. The third-order valence-electron chi connectivity index (χ3n) is 2.64. The van der Waals surface area contributed by atoms with Gasteiger partial charge in [0.25, 0.3) is 5.91 Å². The molecule has 1 aliphatic rings. The lowest BCUT2D eigenvalue weighted by molar-refractivity contribution is -0.156. The number of nitrogens with two attached hydrogens (primary N) is 1. The van der Waals surface area contributed by atoms with Crippen LogP contribution in [0.5, 0.6) is 0 Å². The molecule has 98 valence electrons. The molecule has 1 heterocycles. The molecule has 0 radical (unpaired) electrons. The fraction of sp³-hybridized carbons (Fsp3) is 0.800. The van der Waals surface area contributed by atoms with Crippen molar-refractivity contribution in [2.75, 3.05) is 33.4 Å². The van der Waals surface area contributed by atoms with Gasteiger partial charge >= 0.3 is 0 Å². The Morgan fingerprint density at radius 3 is 2.88 bits per heavy atom. The summed E-state index contributed by atoms with van der Waals surface area (Å²) in [5.74, 6) is -0.258. The number of hydrogen-bond donors (Lipinski definition) is 2. The first kappa shape index (κ1) is 13.7. The van der Waals surface area contributed by atoms with E-state index in [1.165, 1.54) is 4.90 Å². The number of amides is 1. The summed E-state index contributed by atoms with van der Waals surface area (Å²) in [4.78, 5) is 13.4. The molecule has 7 nitrogen and oxygen atoms in total. The van der Waals surface area contributed by atoms with Crippen molar-refractivity contribution in [2.45, 2.75) is 13.0 Å². The summed E-state index contributed by atoms with van der Waals surface area (Å²) in [7, 11) is 1.65. The van der Waals surface area contributed by atoms with E-state index in [1.54, 1.807) is 14.0 Å². The molecule has 2 unspecified atom stereocenters. The molecule has 0 saturated carbocycles. The van der Waals surface area contributed by atoms with Crippen molar-refractivity contribution in [1.82, 2.24) is 4.90 Å². The fourth-order valence-electron chi connectivity index (χ4n) is 1.57. The maximum atomic E-state index is 11.9. The maximum Gasteiger partial charge on any atom is 0.253 e. The Morgan fingerprint density at radius 2 is 2.35 bits per heavy atom. The van der Waals surface area contributed by atoms with Crippen LogP contribution in [0.25, 0.3) is 0 Å². The average molecular weight is 245 g/mol. The molecule has 1 fully saturated rings.